The van der Waals surface area contributed by atoms with Crippen LogP contribution in [0.15, 0.2) is 24.4 Å². The molecule has 1 aromatic heterocycles. The van der Waals surface area contributed by atoms with Gasteiger partial charge in [-0.3, -0.25) is 19.5 Å². The number of esters is 1. The molecule has 2 heterocycles. The van der Waals surface area contributed by atoms with Gasteiger partial charge in [-0.2, -0.15) is 5.10 Å². The first kappa shape index (κ1) is 15.0. The Morgan fingerprint density at radius 2 is 2.26 bits per heavy atom. The number of carbonyl (C=O) groups excluding carboxylic acids is 3. The molecule has 1 aliphatic rings. The number of H-pyrrole nitrogens is 1. The molecule has 1 atom stereocenters. The third-order valence-corrected chi connectivity index (χ3v) is 3.89. The molecule has 0 saturated carbocycles. The Hall–Kier alpha value is -2.90. The Bertz CT molecular complexity index is 770. The van der Waals surface area contributed by atoms with E-state index in [0.29, 0.717) is 24.2 Å². The zero-order valence-corrected chi connectivity index (χ0v) is 12.5. The van der Waals surface area contributed by atoms with Gasteiger partial charge in [0.1, 0.15) is 6.04 Å². The standard InChI is InChI=1S/C15H16N4O4/c1-23-12(20)7-11-14(21)16-5-6-19(11)15(22)10-4-2-3-9-8-17-18-13(9)10/h2-4,8,11H,5-7H2,1H3,(H,16,21)(H,17,18)/t11-/m1/s1. The second-order valence-electron chi connectivity index (χ2n) is 5.23. The molecule has 120 valence electrons. The lowest BCUT2D eigenvalue weighted by Crippen LogP contribution is -2.57. The van der Waals surface area contributed by atoms with Crippen molar-refractivity contribution in [3.63, 3.8) is 0 Å². The van der Waals surface area contributed by atoms with Crippen molar-refractivity contribution >= 4 is 28.7 Å². The second kappa shape index (κ2) is 6.07. The number of amides is 2. The molecule has 2 N–H and O–H groups in total. The van der Waals surface area contributed by atoms with Gasteiger partial charge in [-0.1, -0.05) is 12.1 Å². The zero-order valence-electron chi connectivity index (χ0n) is 12.5. The quantitative estimate of drug-likeness (QED) is 0.780. The van der Waals surface area contributed by atoms with Gasteiger partial charge in [0.15, 0.2) is 0 Å². The average Bonchev–Trinajstić information content (AvgIpc) is 3.04. The van der Waals surface area contributed by atoms with Crippen LogP contribution in [0.5, 0.6) is 0 Å². The number of para-hydroxylation sites is 1. The lowest BCUT2D eigenvalue weighted by Gasteiger charge is -2.34. The molecule has 0 unspecified atom stereocenters. The lowest BCUT2D eigenvalue weighted by molar-refractivity contribution is -0.145. The predicted molar refractivity (Wildman–Crippen MR) is 80.6 cm³/mol. The van der Waals surface area contributed by atoms with Crippen LogP contribution in [-0.2, 0) is 14.3 Å². The van der Waals surface area contributed by atoms with Crippen LogP contribution in [0.1, 0.15) is 16.8 Å². The molecular weight excluding hydrogens is 300 g/mol. The van der Waals surface area contributed by atoms with E-state index in [-0.39, 0.29) is 18.2 Å². The van der Waals surface area contributed by atoms with E-state index < -0.39 is 12.0 Å². The maximum absolute atomic E-state index is 12.9. The maximum Gasteiger partial charge on any atom is 0.308 e. The van der Waals surface area contributed by atoms with Crippen LogP contribution >= 0.6 is 0 Å². The van der Waals surface area contributed by atoms with E-state index in [1.807, 2.05) is 6.07 Å². The second-order valence-corrected chi connectivity index (χ2v) is 5.23. The first-order valence-corrected chi connectivity index (χ1v) is 7.19. The molecule has 0 bridgehead atoms. The van der Waals surface area contributed by atoms with Crippen molar-refractivity contribution in [2.75, 3.05) is 20.2 Å². The highest BCUT2D eigenvalue weighted by Crippen LogP contribution is 2.20. The number of piperazine rings is 1. The summed E-state index contributed by atoms with van der Waals surface area (Å²) in [6.45, 7) is 0.679. The van der Waals surface area contributed by atoms with Crippen LogP contribution < -0.4 is 5.32 Å². The first-order chi connectivity index (χ1) is 11.1. The number of fused-ring (bicyclic) bond motifs is 1. The van der Waals surface area contributed by atoms with E-state index in [1.165, 1.54) is 12.0 Å². The summed E-state index contributed by atoms with van der Waals surface area (Å²) in [5.41, 5.74) is 1.03. The fourth-order valence-corrected chi connectivity index (χ4v) is 2.70. The molecule has 0 spiro atoms. The molecule has 1 aliphatic heterocycles. The summed E-state index contributed by atoms with van der Waals surface area (Å²) in [7, 11) is 1.25. The summed E-state index contributed by atoms with van der Waals surface area (Å²) in [6, 6.07) is 4.39. The summed E-state index contributed by atoms with van der Waals surface area (Å²) >= 11 is 0. The summed E-state index contributed by atoms with van der Waals surface area (Å²) < 4.78 is 4.62. The van der Waals surface area contributed by atoms with Gasteiger partial charge in [-0.15, -0.1) is 0 Å². The van der Waals surface area contributed by atoms with Gasteiger partial charge in [0.05, 0.1) is 30.8 Å². The topological polar surface area (TPSA) is 104 Å². The van der Waals surface area contributed by atoms with E-state index in [0.717, 1.165) is 5.39 Å². The van der Waals surface area contributed by atoms with Crippen LogP contribution in [-0.4, -0.2) is 59.1 Å². The van der Waals surface area contributed by atoms with Crippen molar-refractivity contribution in [2.24, 2.45) is 0 Å². The van der Waals surface area contributed by atoms with Gasteiger partial charge in [-0.25, -0.2) is 0 Å². The van der Waals surface area contributed by atoms with Gasteiger partial charge in [0.2, 0.25) is 5.91 Å². The molecule has 2 aromatic rings. The first-order valence-electron chi connectivity index (χ1n) is 7.19. The van der Waals surface area contributed by atoms with Crippen molar-refractivity contribution in [2.45, 2.75) is 12.5 Å². The summed E-state index contributed by atoms with van der Waals surface area (Å²) in [5.74, 6) is -1.21. The van der Waals surface area contributed by atoms with Gasteiger partial charge >= 0.3 is 5.97 Å². The van der Waals surface area contributed by atoms with Crippen molar-refractivity contribution in [1.82, 2.24) is 20.4 Å². The number of aromatic nitrogens is 2. The monoisotopic (exact) mass is 316 g/mol. The molecule has 1 saturated heterocycles. The third-order valence-electron chi connectivity index (χ3n) is 3.89. The van der Waals surface area contributed by atoms with Crippen molar-refractivity contribution in [3.05, 3.63) is 30.0 Å². The van der Waals surface area contributed by atoms with E-state index in [4.69, 9.17) is 0 Å². The molecule has 8 nitrogen and oxygen atoms in total. The highest BCUT2D eigenvalue weighted by molar-refractivity contribution is 6.07. The zero-order chi connectivity index (χ0) is 16.4. The van der Waals surface area contributed by atoms with Gasteiger partial charge in [0.25, 0.3) is 5.91 Å². The average molecular weight is 316 g/mol. The number of carbonyl (C=O) groups is 3. The molecule has 1 aromatic carbocycles. The Morgan fingerprint density at radius 3 is 3.04 bits per heavy atom. The van der Waals surface area contributed by atoms with Crippen molar-refractivity contribution in [3.8, 4) is 0 Å². The largest absolute Gasteiger partial charge is 0.469 e. The fourth-order valence-electron chi connectivity index (χ4n) is 2.70. The van der Waals surface area contributed by atoms with E-state index >= 15 is 0 Å². The summed E-state index contributed by atoms with van der Waals surface area (Å²) in [6.07, 6.45) is 1.45. The number of hydrogen-bond donors (Lipinski definition) is 2. The van der Waals surface area contributed by atoms with Crippen LogP contribution in [0.25, 0.3) is 10.9 Å². The molecule has 3 rings (SSSR count). The fraction of sp³-hybridized carbons (Fsp3) is 0.333. The molecule has 2 amide bonds. The van der Waals surface area contributed by atoms with Gasteiger partial charge in [-0.05, 0) is 6.07 Å². The number of benzene rings is 1. The molecular formula is C15H16N4O4. The van der Waals surface area contributed by atoms with Crippen LogP contribution in [0.3, 0.4) is 0 Å². The molecule has 8 heteroatoms. The minimum Gasteiger partial charge on any atom is -0.469 e. The van der Waals surface area contributed by atoms with Crippen LogP contribution in [0.4, 0.5) is 0 Å². The molecule has 0 radical (unpaired) electrons. The number of hydrogen-bond acceptors (Lipinski definition) is 5. The van der Waals surface area contributed by atoms with E-state index in [1.54, 1.807) is 18.3 Å². The SMILES string of the molecule is COC(=O)C[C@@H]1C(=O)NCCN1C(=O)c1cccc2cn[nH]c12. The van der Waals surface area contributed by atoms with Crippen molar-refractivity contribution in [1.29, 1.82) is 0 Å². The number of aromatic amines is 1. The molecule has 1 fully saturated rings. The van der Waals surface area contributed by atoms with E-state index in [9.17, 15) is 14.4 Å². The highest BCUT2D eigenvalue weighted by atomic mass is 16.5. The smallest absolute Gasteiger partial charge is 0.308 e. The Kier molecular flexibility index (Phi) is 3.96. The van der Waals surface area contributed by atoms with Crippen LogP contribution in [0, 0.1) is 0 Å². The molecule has 0 aliphatic carbocycles. The molecule has 23 heavy (non-hydrogen) atoms. The van der Waals surface area contributed by atoms with Crippen LogP contribution in [0.2, 0.25) is 0 Å². The Labute approximate surface area is 131 Å². The normalized spacial score (nSPS) is 17.9. The minimum absolute atomic E-state index is 0.174. The summed E-state index contributed by atoms with van der Waals surface area (Å²) in [5, 5.41) is 10.2. The number of rotatable bonds is 3. The number of nitrogens with zero attached hydrogens (tertiary/aromatic N) is 2. The third kappa shape index (κ3) is 2.75. The van der Waals surface area contributed by atoms with Gasteiger partial charge < -0.3 is 15.0 Å². The maximum atomic E-state index is 12.9. The minimum atomic E-state index is -0.873. The highest BCUT2D eigenvalue weighted by Gasteiger charge is 2.36. The van der Waals surface area contributed by atoms with Gasteiger partial charge in [0, 0.05) is 18.5 Å². The predicted octanol–water partition coefficient (Wildman–Crippen LogP) is 0.0666. The number of nitrogens with one attached hydrogen (secondary N) is 2. The number of ether oxygens (including phenoxy) is 1. The Morgan fingerprint density at radius 1 is 1.43 bits per heavy atom. The van der Waals surface area contributed by atoms with E-state index in [2.05, 4.69) is 20.3 Å². The lowest BCUT2D eigenvalue weighted by atomic mass is 10.1. The Balaban J connectivity index is 1.93. The van der Waals surface area contributed by atoms with Crippen molar-refractivity contribution < 1.29 is 19.1 Å². The number of methoxy groups -OCH3 is 1. The summed E-state index contributed by atoms with van der Waals surface area (Å²) in [4.78, 5) is 37.9.